The van der Waals surface area contributed by atoms with Gasteiger partial charge in [-0.15, -0.1) is 0 Å². The molecule has 130 valence electrons. The first-order valence-electron chi connectivity index (χ1n) is 7.68. The minimum Gasteiger partial charge on any atom is -0.368 e. The van der Waals surface area contributed by atoms with Crippen molar-refractivity contribution in [3.05, 3.63) is 11.6 Å². The maximum Gasteiger partial charge on any atom is 0.225 e. The number of nitrogen functional groups attached to an aromatic ring is 4. The zero-order valence-electron chi connectivity index (χ0n) is 13.4. The van der Waals surface area contributed by atoms with Gasteiger partial charge in [-0.25, -0.2) is 0 Å². The van der Waals surface area contributed by atoms with Gasteiger partial charge >= 0.3 is 0 Å². The van der Waals surface area contributed by atoms with Gasteiger partial charge in [0.1, 0.15) is 11.6 Å². The van der Waals surface area contributed by atoms with Crippen LogP contribution in [0.3, 0.4) is 0 Å². The molecule has 2 heterocycles. The molecular formula is C13H23N11. The van der Waals surface area contributed by atoms with E-state index < -0.39 is 0 Å². The second kappa shape index (κ2) is 8.15. The van der Waals surface area contributed by atoms with Crippen molar-refractivity contribution in [3.63, 3.8) is 0 Å². The number of anilines is 4. The van der Waals surface area contributed by atoms with Gasteiger partial charge in [0.15, 0.2) is 0 Å². The molecule has 0 amide bonds. The first kappa shape index (κ1) is 17.5. The molecule has 11 heteroatoms. The predicted molar refractivity (Wildman–Crippen MR) is 91.1 cm³/mol. The molecule has 0 saturated heterocycles. The molecule has 0 aromatic carbocycles. The van der Waals surface area contributed by atoms with E-state index in [0.29, 0.717) is 37.0 Å². The molecule has 11 nitrogen and oxygen atoms in total. The molecule has 0 aliphatic rings. The molecule has 2 aromatic heterocycles. The summed E-state index contributed by atoms with van der Waals surface area (Å²) in [5.74, 6) is 2.03. The van der Waals surface area contributed by atoms with E-state index in [1.165, 1.54) is 0 Å². The molecule has 0 bridgehead atoms. The van der Waals surface area contributed by atoms with Crippen molar-refractivity contribution in [2.75, 3.05) is 29.5 Å². The Bertz CT molecular complexity index is 634. The third-order valence-electron chi connectivity index (χ3n) is 3.55. The Morgan fingerprint density at radius 3 is 1.54 bits per heavy atom. The summed E-state index contributed by atoms with van der Waals surface area (Å²) in [6.07, 6.45) is 3.93. The average Bonchev–Trinajstić information content (AvgIpc) is 2.48. The van der Waals surface area contributed by atoms with Gasteiger partial charge in [-0.3, -0.25) is 0 Å². The first-order valence-corrected chi connectivity index (χ1v) is 7.68. The fraction of sp³-hybridized carbons (Fsp3) is 0.538. The fourth-order valence-corrected chi connectivity index (χ4v) is 2.40. The van der Waals surface area contributed by atoms with Crippen LogP contribution in [0.2, 0.25) is 0 Å². The van der Waals surface area contributed by atoms with E-state index in [4.69, 9.17) is 28.7 Å². The van der Waals surface area contributed by atoms with Crippen LogP contribution in [-0.2, 0) is 12.8 Å². The Balaban J connectivity index is 1.81. The topological polar surface area (TPSA) is 207 Å². The summed E-state index contributed by atoms with van der Waals surface area (Å²) in [6.45, 7) is 0.567. The van der Waals surface area contributed by atoms with Gasteiger partial charge in [-0.1, -0.05) is 0 Å². The molecule has 0 radical (unpaired) electrons. The summed E-state index contributed by atoms with van der Waals surface area (Å²) in [5, 5.41) is 0. The molecule has 0 aliphatic heterocycles. The van der Waals surface area contributed by atoms with E-state index in [1.54, 1.807) is 0 Å². The lowest BCUT2D eigenvalue weighted by Crippen LogP contribution is -2.17. The van der Waals surface area contributed by atoms with Gasteiger partial charge in [-0.05, 0) is 31.7 Å². The Morgan fingerprint density at radius 2 is 1.08 bits per heavy atom. The zero-order chi connectivity index (χ0) is 17.5. The highest BCUT2D eigenvalue weighted by atomic mass is 15.1. The molecule has 1 unspecified atom stereocenters. The number of aryl methyl sites for hydroxylation is 2. The van der Waals surface area contributed by atoms with Crippen LogP contribution in [-0.4, -0.2) is 36.4 Å². The van der Waals surface area contributed by atoms with Crippen LogP contribution in [0.4, 0.5) is 23.8 Å². The lowest BCUT2D eigenvalue weighted by Gasteiger charge is -2.14. The van der Waals surface area contributed by atoms with Crippen LogP contribution < -0.4 is 28.7 Å². The summed E-state index contributed by atoms with van der Waals surface area (Å²) < 4.78 is 0. The minimum atomic E-state index is 0.131. The molecule has 24 heavy (non-hydrogen) atoms. The molecule has 10 N–H and O–H groups in total. The highest BCUT2D eigenvalue weighted by Gasteiger charge is 2.11. The number of nitrogens with two attached hydrogens (primary N) is 5. The average molecular weight is 333 g/mol. The smallest absolute Gasteiger partial charge is 0.225 e. The highest BCUT2D eigenvalue weighted by Crippen LogP contribution is 2.15. The number of nitrogens with zero attached hydrogens (tertiary/aromatic N) is 6. The summed E-state index contributed by atoms with van der Waals surface area (Å²) in [5.41, 5.74) is 28.1. The van der Waals surface area contributed by atoms with Crippen LogP contribution in [0.15, 0.2) is 0 Å². The maximum absolute atomic E-state index is 5.84. The second-order valence-corrected chi connectivity index (χ2v) is 5.47. The third kappa shape index (κ3) is 5.43. The molecule has 2 rings (SSSR count). The van der Waals surface area contributed by atoms with Gasteiger partial charge in [0.25, 0.3) is 0 Å². The summed E-state index contributed by atoms with van der Waals surface area (Å²) in [7, 11) is 0. The van der Waals surface area contributed by atoms with Crippen molar-refractivity contribution in [2.24, 2.45) is 11.7 Å². The van der Waals surface area contributed by atoms with Gasteiger partial charge in [0.05, 0.1) is 0 Å². The quantitative estimate of drug-likeness (QED) is 0.392. The van der Waals surface area contributed by atoms with Crippen LogP contribution in [0.25, 0.3) is 0 Å². The van der Waals surface area contributed by atoms with Crippen LogP contribution in [0.1, 0.15) is 30.9 Å². The Kier molecular flexibility index (Phi) is 5.95. The molecular weight excluding hydrogens is 310 g/mol. The van der Waals surface area contributed by atoms with Crippen molar-refractivity contribution in [1.29, 1.82) is 0 Å². The van der Waals surface area contributed by atoms with E-state index in [9.17, 15) is 0 Å². The number of aromatic nitrogens is 6. The molecule has 0 fully saturated rings. The lowest BCUT2D eigenvalue weighted by molar-refractivity contribution is 0.440. The van der Waals surface area contributed by atoms with Crippen molar-refractivity contribution in [2.45, 2.75) is 32.1 Å². The number of hydrogen-bond acceptors (Lipinski definition) is 11. The highest BCUT2D eigenvalue weighted by molar-refractivity contribution is 5.26. The first-order chi connectivity index (χ1) is 11.5. The monoisotopic (exact) mass is 333 g/mol. The standard InChI is InChI=1S/C13H23N11/c14-6-7(4-5-9-21-12(17)24-13(18)22-9)2-1-3-8-19-10(15)23-11(16)20-8/h7H,1-6,14H2,(H4,15,16,19,20,23)(H4,17,18,21,22,24). The van der Waals surface area contributed by atoms with Crippen molar-refractivity contribution in [1.82, 2.24) is 29.9 Å². The van der Waals surface area contributed by atoms with Crippen LogP contribution in [0.5, 0.6) is 0 Å². The SMILES string of the molecule is NCC(CCCc1nc(N)nc(N)n1)CCc1nc(N)nc(N)n1. The molecule has 0 saturated carbocycles. The van der Waals surface area contributed by atoms with E-state index in [2.05, 4.69) is 29.9 Å². The third-order valence-corrected chi connectivity index (χ3v) is 3.55. The van der Waals surface area contributed by atoms with Crippen molar-refractivity contribution < 1.29 is 0 Å². The van der Waals surface area contributed by atoms with Crippen LogP contribution >= 0.6 is 0 Å². The second-order valence-electron chi connectivity index (χ2n) is 5.47. The van der Waals surface area contributed by atoms with Gasteiger partial charge in [-0.2, -0.15) is 29.9 Å². The van der Waals surface area contributed by atoms with E-state index in [-0.39, 0.29) is 23.8 Å². The molecule has 0 aliphatic carbocycles. The lowest BCUT2D eigenvalue weighted by atomic mass is 9.96. The van der Waals surface area contributed by atoms with Gasteiger partial charge < -0.3 is 28.7 Å². The molecule has 2 aromatic rings. The largest absolute Gasteiger partial charge is 0.368 e. The Hall–Kier alpha value is -2.82. The van der Waals surface area contributed by atoms with Gasteiger partial charge in [0.2, 0.25) is 23.8 Å². The summed E-state index contributed by atoms with van der Waals surface area (Å²) in [4.78, 5) is 23.7. The van der Waals surface area contributed by atoms with E-state index in [1.807, 2.05) is 0 Å². The number of rotatable bonds is 8. The normalized spacial score (nSPS) is 12.2. The number of hydrogen-bond donors (Lipinski definition) is 5. The van der Waals surface area contributed by atoms with Crippen molar-refractivity contribution in [3.8, 4) is 0 Å². The maximum atomic E-state index is 5.84. The summed E-state index contributed by atoms with van der Waals surface area (Å²) in [6, 6.07) is 0. The Morgan fingerprint density at radius 1 is 0.625 bits per heavy atom. The summed E-state index contributed by atoms with van der Waals surface area (Å²) >= 11 is 0. The van der Waals surface area contributed by atoms with E-state index in [0.717, 1.165) is 19.3 Å². The van der Waals surface area contributed by atoms with Gasteiger partial charge in [0, 0.05) is 12.8 Å². The van der Waals surface area contributed by atoms with E-state index >= 15 is 0 Å². The Labute approximate surface area is 139 Å². The van der Waals surface area contributed by atoms with Crippen LogP contribution in [0, 0.1) is 5.92 Å². The predicted octanol–water partition coefficient (Wildman–Crippen LogP) is -1.08. The minimum absolute atomic E-state index is 0.131. The molecule has 1 atom stereocenters. The zero-order valence-corrected chi connectivity index (χ0v) is 13.4. The fourth-order valence-electron chi connectivity index (χ4n) is 2.40. The molecule has 0 spiro atoms. The van der Waals surface area contributed by atoms with Crippen molar-refractivity contribution >= 4 is 23.8 Å².